The summed E-state index contributed by atoms with van der Waals surface area (Å²) in [5.41, 5.74) is 2.19. The minimum atomic E-state index is -3.60. The van der Waals surface area contributed by atoms with Crippen LogP contribution >= 0.6 is 0 Å². The lowest BCUT2D eigenvalue weighted by atomic mass is 9.87. The van der Waals surface area contributed by atoms with Crippen LogP contribution in [0.3, 0.4) is 0 Å². The van der Waals surface area contributed by atoms with Gasteiger partial charge in [-0.1, -0.05) is 44.5 Å². The minimum Gasteiger partial charge on any atom is -0.481 e. The Hall–Kier alpha value is -5.02. The summed E-state index contributed by atoms with van der Waals surface area (Å²) >= 11 is 0. The van der Waals surface area contributed by atoms with Crippen molar-refractivity contribution in [3.63, 3.8) is 0 Å². The monoisotopic (exact) mass is 686 g/mol. The number of hydrogen-bond acceptors (Lipinski definition) is 5. The topological polar surface area (TPSA) is 119 Å². The number of fused-ring (bicyclic) bond motifs is 7. The summed E-state index contributed by atoms with van der Waals surface area (Å²) in [7, 11) is -3.60. The first-order chi connectivity index (χ1) is 23.3. The molecule has 12 heteroatoms. The molecular formula is C37H36F2N4O5S. The SMILES string of the molecule is [C-]#[N+]c1cnn2c1-c1cc(ccc1F)Oc1c(F)cc3[nH]ccc3c1CCS(=O)(=O)CC(C)(C)CCCC2c1cccc(CCC(=O)O)c1. The summed E-state index contributed by atoms with van der Waals surface area (Å²) in [6, 6.07) is 13.9. The van der Waals surface area contributed by atoms with E-state index < -0.39 is 38.9 Å². The molecule has 0 aliphatic carbocycles. The highest BCUT2D eigenvalue weighted by Gasteiger charge is 2.30. The predicted molar refractivity (Wildman–Crippen MR) is 183 cm³/mol. The Morgan fingerprint density at radius 3 is 2.76 bits per heavy atom. The maximum atomic E-state index is 15.8. The van der Waals surface area contributed by atoms with Crippen LogP contribution in [-0.2, 0) is 27.5 Å². The van der Waals surface area contributed by atoms with E-state index in [-0.39, 0.29) is 52.8 Å². The van der Waals surface area contributed by atoms with E-state index in [4.69, 9.17) is 11.3 Å². The Bertz CT molecular complexity index is 2200. The predicted octanol–water partition coefficient (Wildman–Crippen LogP) is 8.43. The van der Waals surface area contributed by atoms with E-state index >= 15 is 8.78 Å². The lowest BCUT2D eigenvalue weighted by Crippen LogP contribution is -2.27. The van der Waals surface area contributed by atoms with Gasteiger partial charge in [0.15, 0.2) is 21.4 Å². The third-order valence-corrected chi connectivity index (χ3v) is 11.1. The largest absolute Gasteiger partial charge is 0.481 e. The lowest BCUT2D eigenvalue weighted by molar-refractivity contribution is -0.136. The zero-order valence-corrected chi connectivity index (χ0v) is 28.0. The number of carboxylic acid groups (broad SMARTS) is 1. The summed E-state index contributed by atoms with van der Waals surface area (Å²) in [6.45, 7) is 11.7. The van der Waals surface area contributed by atoms with Gasteiger partial charge in [0.2, 0.25) is 5.69 Å². The van der Waals surface area contributed by atoms with Gasteiger partial charge >= 0.3 is 5.97 Å². The van der Waals surface area contributed by atoms with Crippen molar-refractivity contribution < 1.29 is 31.8 Å². The van der Waals surface area contributed by atoms with E-state index in [1.165, 1.54) is 30.5 Å². The van der Waals surface area contributed by atoms with Gasteiger partial charge in [0.25, 0.3) is 0 Å². The molecule has 0 fully saturated rings. The molecule has 2 bridgehead atoms. The molecule has 1 aliphatic rings. The summed E-state index contributed by atoms with van der Waals surface area (Å²) in [6.07, 6.45) is 4.86. The number of carboxylic acids is 1. The number of ether oxygens (including phenoxy) is 1. The van der Waals surface area contributed by atoms with Gasteiger partial charge in [0.05, 0.1) is 36.0 Å². The molecule has 2 aromatic heterocycles. The number of aromatic nitrogens is 3. The van der Waals surface area contributed by atoms with Crippen LogP contribution in [0.1, 0.15) is 62.3 Å². The molecule has 6 rings (SSSR count). The second kappa shape index (κ2) is 13.5. The second-order valence-corrected chi connectivity index (χ2v) is 15.5. The molecule has 0 radical (unpaired) electrons. The van der Waals surface area contributed by atoms with Crippen LogP contribution in [0.5, 0.6) is 11.5 Å². The van der Waals surface area contributed by atoms with Crippen molar-refractivity contribution in [1.29, 1.82) is 0 Å². The highest BCUT2D eigenvalue weighted by Crippen LogP contribution is 2.42. The van der Waals surface area contributed by atoms with E-state index in [0.717, 1.165) is 11.1 Å². The average molecular weight is 687 g/mol. The molecule has 0 spiro atoms. The van der Waals surface area contributed by atoms with E-state index in [2.05, 4.69) is 14.9 Å². The van der Waals surface area contributed by atoms with E-state index in [0.29, 0.717) is 42.1 Å². The average Bonchev–Trinajstić information content (AvgIpc) is 3.69. The highest BCUT2D eigenvalue weighted by molar-refractivity contribution is 7.91. The number of carbonyl (C=O) groups is 1. The molecule has 2 N–H and O–H groups in total. The maximum absolute atomic E-state index is 15.8. The summed E-state index contributed by atoms with van der Waals surface area (Å²) in [4.78, 5) is 17.9. The van der Waals surface area contributed by atoms with Crippen molar-refractivity contribution in [2.75, 3.05) is 11.5 Å². The Balaban J connectivity index is 1.53. The molecule has 1 unspecified atom stereocenters. The Labute approximate surface area is 283 Å². The third-order valence-electron chi connectivity index (χ3n) is 9.04. The zero-order chi connectivity index (χ0) is 34.9. The number of nitrogens with one attached hydrogen (secondary N) is 1. The van der Waals surface area contributed by atoms with Gasteiger partial charge in [-0.25, -0.2) is 22.0 Å². The Morgan fingerprint density at radius 1 is 1.16 bits per heavy atom. The van der Waals surface area contributed by atoms with Crippen LogP contribution in [0.2, 0.25) is 0 Å². The number of hydrogen-bond donors (Lipinski definition) is 2. The van der Waals surface area contributed by atoms with E-state index in [1.807, 2.05) is 38.1 Å². The van der Waals surface area contributed by atoms with Crippen molar-refractivity contribution >= 4 is 32.4 Å². The number of benzene rings is 3. The van der Waals surface area contributed by atoms with Gasteiger partial charge in [0.1, 0.15) is 11.6 Å². The van der Waals surface area contributed by atoms with Gasteiger partial charge in [-0.3, -0.25) is 9.48 Å². The molecular weight excluding hydrogens is 650 g/mol. The summed E-state index contributed by atoms with van der Waals surface area (Å²) in [5, 5.41) is 14.5. The number of sulfone groups is 1. The van der Waals surface area contributed by atoms with Gasteiger partial charge in [-0.2, -0.15) is 5.10 Å². The van der Waals surface area contributed by atoms with Crippen molar-refractivity contribution in [2.45, 2.75) is 58.4 Å². The number of nitrogens with zero attached hydrogens (tertiary/aromatic N) is 3. The molecule has 0 saturated carbocycles. The van der Waals surface area contributed by atoms with Crippen molar-refractivity contribution in [1.82, 2.24) is 14.8 Å². The van der Waals surface area contributed by atoms with Crippen LogP contribution in [0, 0.1) is 23.6 Å². The molecule has 9 nitrogen and oxygen atoms in total. The van der Waals surface area contributed by atoms with Crippen LogP contribution in [-0.4, -0.2) is 45.8 Å². The number of aliphatic carboxylic acids is 1. The number of aryl methyl sites for hydroxylation is 2. The molecule has 5 aromatic rings. The Kier molecular flexibility index (Phi) is 9.31. The Morgan fingerprint density at radius 2 is 1.98 bits per heavy atom. The molecule has 254 valence electrons. The van der Waals surface area contributed by atoms with Crippen molar-refractivity contribution in [2.24, 2.45) is 5.41 Å². The summed E-state index contributed by atoms with van der Waals surface area (Å²) < 4.78 is 66.4. The van der Waals surface area contributed by atoms with Crippen LogP contribution in [0.4, 0.5) is 14.5 Å². The lowest BCUT2D eigenvalue weighted by Gasteiger charge is -2.27. The van der Waals surface area contributed by atoms with E-state index in [1.54, 1.807) is 16.9 Å². The van der Waals surface area contributed by atoms with Crippen molar-refractivity contribution in [3.05, 3.63) is 107 Å². The first-order valence-electron chi connectivity index (χ1n) is 16.1. The van der Waals surface area contributed by atoms with Crippen LogP contribution in [0.25, 0.3) is 27.0 Å². The second-order valence-electron chi connectivity index (χ2n) is 13.3. The first kappa shape index (κ1) is 33.9. The van der Waals surface area contributed by atoms with Gasteiger partial charge in [-0.15, -0.1) is 0 Å². The zero-order valence-electron chi connectivity index (χ0n) is 27.2. The molecule has 0 saturated heterocycles. The maximum Gasteiger partial charge on any atom is 0.303 e. The molecule has 3 aromatic carbocycles. The number of aromatic amines is 1. The summed E-state index contributed by atoms with van der Waals surface area (Å²) in [5.74, 6) is -2.63. The smallest absolute Gasteiger partial charge is 0.303 e. The third kappa shape index (κ3) is 7.37. The molecule has 1 atom stereocenters. The van der Waals surface area contributed by atoms with Gasteiger partial charge in [-0.05, 0) is 66.5 Å². The van der Waals surface area contributed by atoms with Crippen LogP contribution in [0.15, 0.2) is 67.0 Å². The quantitative estimate of drug-likeness (QED) is 0.183. The molecule has 0 amide bonds. The number of halogens is 2. The standard InChI is InChI=1S/C37H36F2N4O5S/c1-37(2)15-5-8-33(24-7-4-6-23(18-24)9-12-34(44)45)43-35(32(40-3)21-42-43)28-19-25(10-11-29(28)38)48-36-27(14-17-49(46,47)22-37)26-13-16-41-31(26)20-30(36)39/h4,6-7,10-11,13,16,18-21,33,41H,5,8-9,12,14-15,17,22H2,1-2H3,(H,44,45). The van der Waals surface area contributed by atoms with E-state index in [9.17, 15) is 18.3 Å². The fourth-order valence-corrected chi connectivity index (χ4v) is 8.78. The molecule has 49 heavy (non-hydrogen) atoms. The highest BCUT2D eigenvalue weighted by atomic mass is 32.2. The first-order valence-corrected chi connectivity index (χ1v) is 17.9. The normalized spacial score (nSPS) is 17.7. The number of rotatable bonds is 4. The molecule has 3 heterocycles. The fourth-order valence-electron chi connectivity index (χ4n) is 6.79. The van der Waals surface area contributed by atoms with Gasteiger partial charge in [0, 0.05) is 40.7 Å². The number of H-pyrrole nitrogens is 1. The van der Waals surface area contributed by atoms with Crippen LogP contribution < -0.4 is 4.74 Å². The fraction of sp³-hybridized carbons (Fsp3) is 0.324. The minimum absolute atomic E-state index is 0.00282. The van der Waals surface area contributed by atoms with Gasteiger partial charge < -0.3 is 14.8 Å². The molecule has 1 aliphatic heterocycles. The van der Waals surface area contributed by atoms with Crippen molar-refractivity contribution in [3.8, 4) is 22.8 Å².